The van der Waals surface area contributed by atoms with Gasteiger partial charge in [-0.25, -0.2) is 0 Å². The van der Waals surface area contributed by atoms with Gasteiger partial charge in [-0.1, -0.05) is 28.9 Å². The Morgan fingerprint density at radius 1 is 1.38 bits per heavy atom. The molecule has 0 bridgehead atoms. The first-order valence-electron chi connectivity index (χ1n) is 5.00. The summed E-state index contributed by atoms with van der Waals surface area (Å²) in [4.78, 5) is 3.93. The SMILES string of the molecule is CC(NCc1ncon1)c1ccc(Cl)cc1. The molecule has 0 spiro atoms. The lowest BCUT2D eigenvalue weighted by molar-refractivity contribution is 0.405. The predicted octanol–water partition coefficient (Wildman–Crippen LogP) is 2.57. The molecule has 0 aliphatic heterocycles. The molecule has 84 valence electrons. The molecule has 2 rings (SSSR count). The van der Waals surface area contributed by atoms with Gasteiger partial charge in [0, 0.05) is 11.1 Å². The van der Waals surface area contributed by atoms with Crippen LogP contribution < -0.4 is 5.32 Å². The summed E-state index contributed by atoms with van der Waals surface area (Å²) in [5.74, 6) is 0.654. The van der Waals surface area contributed by atoms with Crippen LogP contribution in [-0.4, -0.2) is 10.1 Å². The molecule has 0 radical (unpaired) electrons. The van der Waals surface area contributed by atoms with E-state index in [1.807, 2.05) is 24.3 Å². The smallest absolute Gasteiger partial charge is 0.213 e. The molecule has 5 heteroatoms. The minimum atomic E-state index is 0.218. The summed E-state index contributed by atoms with van der Waals surface area (Å²) >= 11 is 5.82. The molecule has 0 saturated heterocycles. The first-order valence-corrected chi connectivity index (χ1v) is 5.37. The van der Waals surface area contributed by atoms with Gasteiger partial charge in [0.15, 0.2) is 5.82 Å². The van der Waals surface area contributed by atoms with Crippen molar-refractivity contribution in [3.8, 4) is 0 Å². The van der Waals surface area contributed by atoms with Crippen LogP contribution in [0.1, 0.15) is 24.4 Å². The summed E-state index contributed by atoms with van der Waals surface area (Å²) < 4.78 is 4.65. The van der Waals surface area contributed by atoms with Crippen molar-refractivity contribution in [3.63, 3.8) is 0 Å². The molecule has 0 saturated carbocycles. The lowest BCUT2D eigenvalue weighted by atomic mass is 10.1. The van der Waals surface area contributed by atoms with Gasteiger partial charge in [0.05, 0.1) is 6.54 Å². The molecule has 16 heavy (non-hydrogen) atoms. The molecule has 1 unspecified atom stereocenters. The zero-order valence-electron chi connectivity index (χ0n) is 8.85. The van der Waals surface area contributed by atoms with E-state index in [4.69, 9.17) is 11.6 Å². The normalized spacial score (nSPS) is 12.6. The molecule has 1 heterocycles. The van der Waals surface area contributed by atoms with Crippen LogP contribution in [0.25, 0.3) is 0 Å². The number of aromatic nitrogens is 2. The highest BCUT2D eigenvalue weighted by atomic mass is 35.5. The standard InChI is InChI=1S/C11H12ClN3O/c1-8(9-2-4-10(12)5-3-9)13-6-11-14-7-16-15-11/h2-5,7-8,13H,6H2,1H3. The first-order chi connectivity index (χ1) is 7.75. The van der Waals surface area contributed by atoms with Gasteiger partial charge in [0.2, 0.25) is 6.39 Å². The van der Waals surface area contributed by atoms with Gasteiger partial charge in [0.1, 0.15) is 0 Å². The summed E-state index contributed by atoms with van der Waals surface area (Å²) in [7, 11) is 0. The van der Waals surface area contributed by atoms with Gasteiger partial charge in [-0.3, -0.25) is 0 Å². The Morgan fingerprint density at radius 2 is 2.12 bits per heavy atom. The van der Waals surface area contributed by atoms with Crippen molar-refractivity contribution in [3.05, 3.63) is 47.1 Å². The summed E-state index contributed by atoms with van der Waals surface area (Å²) in [5.41, 5.74) is 1.17. The van der Waals surface area contributed by atoms with E-state index >= 15 is 0 Å². The van der Waals surface area contributed by atoms with Crippen LogP contribution >= 0.6 is 11.6 Å². The van der Waals surface area contributed by atoms with Crippen molar-refractivity contribution in [2.75, 3.05) is 0 Å². The second-order valence-corrected chi connectivity index (χ2v) is 3.94. The fourth-order valence-electron chi connectivity index (χ4n) is 1.38. The van der Waals surface area contributed by atoms with Gasteiger partial charge in [-0.15, -0.1) is 0 Å². The Morgan fingerprint density at radius 3 is 2.75 bits per heavy atom. The van der Waals surface area contributed by atoms with E-state index in [0.717, 1.165) is 5.02 Å². The molecule has 4 nitrogen and oxygen atoms in total. The van der Waals surface area contributed by atoms with E-state index in [1.165, 1.54) is 12.0 Å². The number of halogens is 1. The molecule has 1 aromatic carbocycles. The zero-order valence-corrected chi connectivity index (χ0v) is 9.61. The van der Waals surface area contributed by atoms with E-state index in [2.05, 4.69) is 26.9 Å². The topological polar surface area (TPSA) is 51.0 Å². The van der Waals surface area contributed by atoms with Crippen LogP contribution in [0.3, 0.4) is 0 Å². The molecule has 1 aromatic heterocycles. The minimum absolute atomic E-state index is 0.218. The number of rotatable bonds is 4. The van der Waals surface area contributed by atoms with Crippen LogP contribution in [0, 0.1) is 0 Å². The van der Waals surface area contributed by atoms with Crippen molar-refractivity contribution < 1.29 is 4.52 Å². The van der Waals surface area contributed by atoms with Gasteiger partial charge in [0.25, 0.3) is 0 Å². The van der Waals surface area contributed by atoms with Crippen LogP contribution in [0.5, 0.6) is 0 Å². The molecule has 0 amide bonds. The van der Waals surface area contributed by atoms with Crippen LogP contribution in [-0.2, 0) is 6.54 Å². The second-order valence-electron chi connectivity index (χ2n) is 3.50. The number of benzene rings is 1. The molecule has 0 aliphatic carbocycles. The molecular formula is C11H12ClN3O. The predicted molar refractivity (Wildman–Crippen MR) is 61.0 cm³/mol. The van der Waals surface area contributed by atoms with E-state index in [-0.39, 0.29) is 6.04 Å². The number of hydrogen-bond acceptors (Lipinski definition) is 4. The number of nitrogens with one attached hydrogen (secondary N) is 1. The van der Waals surface area contributed by atoms with E-state index < -0.39 is 0 Å². The fraction of sp³-hybridized carbons (Fsp3) is 0.273. The number of nitrogens with zero attached hydrogens (tertiary/aromatic N) is 2. The molecule has 0 aliphatic rings. The van der Waals surface area contributed by atoms with Gasteiger partial charge in [-0.05, 0) is 24.6 Å². The maximum atomic E-state index is 5.82. The monoisotopic (exact) mass is 237 g/mol. The molecular weight excluding hydrogens is 226 g/mol. The van der Waals surface area contributed by atoms with Crippen LogP contribution in [0.2, 0.25) is 5.02 Å². The third-order valence-electron chi connectivity index (χ3n) is 2.34. The van der Waals surface area contributed by atoms with Crippen molar-refractivity contribution in [1.29, 1.82) is 0 Å². The van der Waals surface area contributed by atoms with Gasteiger partial charge >= 0.3 is 0 Å². The van der Waals surface area contributed by atoms with Gasteiger partial charge < -0.3 is 9.84 Å². The summed E-state index contributed by atoms with van der Waals surface area (Å²) in [5, 5.41) is 7.76. The maximum Gasteiger partial charge on any atom is 0.213 e. The van der Waals surface area contributed by atoms with Crippen LogP contribution in [0.4, 0.5) is 0 Å². The zero-order chi connectivity index (χ0) is 11.4. The van der Waals surface area contributed by atoms with E-state index in [0.29, 0.717) is 12.4 Å². The Bertz CT molecular complexity index is 427. The largest absolute Gasteiger partial charge is 0.343 e. The Hall–Kier alpha value is -1.39. The first kappa shape index (κ1) is 11.1. The van der Waals surface area contributed by atoms with Crippen molar-refractivity contribution in [1.82, 2.24) is 15.5 Å². The highest BCUT2D eigenvalue weighted by molar-refractivity contribution is 6.30. The average molecular weight is 238 g/mol. The van der Waals surface area contributed by atoms with Crippen LogP contribution in [0.15, 0.2) is 35.2 Å². The lowest BCUT2D eigenvalue weighted by Crippen LogP contribution is -2.18. The highest BCUT2D eigenvalue weighted by Crippen LogP contribution is 2.16. The fourth-order valence-corrected chi connectivity index (χ4v) is 1.51. The third kappa shape index (κ3) is 2.81. The highest BCUT2D eigenvalue weighted by Gasteiger charge is 2.06. The van der Waals surface area contributed by atoms with E-state index in [9.17, 15) is 0 Å². The number of hydrogen-bond donors (Lipinski definition) is 1. The van der Waals surface area contributed by atoms with Crippen molar-refractivity contribution in [2.45, 2.75) is 19.5 Å². The van der Waals surface area contributed by atoms with Gasteiger partial charge in [-0.2, -0.15) is 4.98 Å². The third-order valence-corrected chi connectivity index (χ3v) is 2.60. The quantitative estimate of drug-likeness (QED) is 0.888. The van der Waals surface area contributed by atoms with Crippen molar-refractivity contribution in [2.24, 2.45) is 0 Å². The molecule has 1 atom stereocenters. The molecule has 2 aromatic rings. The second kappa shape index (κ2) is 5.09. The summed E-state index contributed by atoms with van der Waals surface area (Å²) in [6, 6.07) is 7.97. The average Bonchev–Trinajstić information content (AvgIpc) is 2.80. The maximum absolute atomic E-state index is 5.82. The van der Waals surface area contributed by atoms with Crippen molar-refractivity contribution >= 4 is 11.6 Å². The lowest BCUT2D eigenvalue weighted by Gasteiger charge is -2.12. The van der Waals surface area contributed by atoms with E-state index in [1.54, 1.807) is 0 Å². The minimum Gasteiger partial charge on any atom is -0.343 e. The summed E-state index contributed by atoms with van der Waals surface area (Å²) in [6.45, 7) is 2.66. The molecule has 0 fully saturated rings. The Kier molecular flexibility index (Phi) is 3.54. The Balaban J connectivity index is 1.93. The molecule has 1 N–H and O–H groups in total. The summed E-state index contributed by atoms with van der Waals surface area (Å²) in [6.07, 6.45) is 1.32. The Labute approximate surface area is 98.6 Å².